The molecule has 4 atom stereocenters. The fraction of sp³-hybridized carbons (Fsp3) is 0.529. The van der Waals surface area contributed by atoms with E-state index in [1.165, 1.54) is 20.9 Å². The Morgan fingerprint density at radius 2 is 1.67 bits per heavy atom. The highest BCUT2D eigenvalue weighted by Crippen LogP contribution is 2.36. The molecule has 262 valence electrons. The number of benzene rings is 1. The number of ether oxygens (including phenoxy) is 1. The highest BCUT2D eigenvalue weighted by atomic mass is 35.5. The third kappa shape index (κ3) is 9.44. The van der Waals surface area contributed by atoms with E-state index in [4.69, 9.17) is 4.74 Å². The molecular weight excluding hydrogens is 640 g/mol. The summed E-state index contributed by atoms with van der Waals surface area (Å²) >= 11 is 0. The van der Waals surface area contributed by atoms with Crippen molar-refractivity contribution < 1.29 is 33.8 Å². The van der Waals surface area contributed by atoms with Crippen molar-refractivity contribution in [1.82, 2.24) is 30.7 Å². The molecule has 4 rings (SSSR count). The van der Waals surface area contributed by atoms with Gasteiger partial charge in [-0.25, -0.2) is 0 Å². The Labute approximate surface area is 287 Å². The number of aromatic nitrogens is 1. The highest BCUT2D eigenvalue weighted by Gasteiger charge is 2.39. The largest absolute Gasteiger partial charge is 0.484 e. The van der Waals surface area contributed by atoms with Crippen LogP contribution in [-0.2, 0) is 25.6 Å². The standard InChI is InChI=1S/C34H46N6O7.ClH/c1-21(2)28-31(44)36-20-34(11-15-40(16-12-34)32(45)25-9-13-35-14-10-25)18-24-7-6-8-26(17-24)47-19-27(42)37-29(23(4)41)33(46)39(5)22(3)30(43)38-28;/h6-10,13-14,17,21-23,28-29,41H,11-12,15-16,18-20H2,1-5H3,(H,36,44)(H,37,42)(H,38,43);1H/t22-,23+,28?,29-;/m0./s1. The van der Waals surface area contributed by atoms with Gasteiger partial charge in [-0.1, -0.05) is 26.0 Å². The molecule has 14 heteroatoms. The van der Waals surface area contributed by atoms with E-state index < -0.39 is 54.0 Å². The molecular formula is C34H47ClN6O7. The number of aliphatic hydroxyl groups excluding tert-OH is 1. The minimum atomic E-state index is -1.32. The van der Waals surface area contributed by atoms with Crippen molar-refractivity contribution in [2.45, 2.75) is 71.2 Å². The van der Waals surface area contributed by atoms with E-state index in [-0.39, 0.29) is 30.1 Å². The molecule has 0 aliphatic carbocycles. The Morgan fingerprint density at radius 1 is 1.00 bits per heavy atom. The molecule has 1 saturated heterocycles. The number of halogens is 1. The minimum Gasteiger partial charge on any atom is -0.484 e. The van der Waals surface area contributed by atoms with Crippen LogP contribution in [0.2, 0.25) is 0 Å². The number of likely N-dealkylation sites (tertiary alicyclic amines) is 1. The van der Waals surface area contributed by atoms with E-state index in [1.807, 2.05) is 36.9 Å². The monoisotopic (exact) mass is 686 g/mol. The predicted octanol–water partition coefficient (Wildman–Crippen LogP) is 1.33. The van der Waals surface area contributed by atoms with Crippen molar-refractivity contribution in [2.24, 2.45) is 11.3 Å². The number of likely N-dealkylation sites (N-methyl/N-ethyl adjacent to an activating group) is 1. The molecule has 2 bridgehead atoms. The van der Waals surface area contributed by atoms with Crippen LogP contribution in [0.4, 0.5) is 0 Å². The van der Waals surface area contributed by atoms with Gasteiger partial charge in [0, 0.05) is 44.6 Å². The van der Waals surface area contributed by atoms with Gasteiger partial charge in [0.15, 0.2) is 6.61 Å². The van der Waals surface area contributed by atoms with Crippen LogP contribution in [0.3, 0.4) is 0 Å². The van der Waals surface area contributed by atoms with Gasteiger partial charge in [0.05, 0.1) is 6.10 Å². The van der Waals surface area contributed by atoms with Gasteiger partial charge in [-0.15, -0.1) is 12.4 Å². The summed E-state index contributed by atoms with van der Waals surface area (Å²) in [5, 5.41) is 18.7. The van der Waals surface area contributed by atoms with E-state index in [0.29, 0.717) is 50.2 Å². The number of nitrogens with one attached hydrogen (secondary N) is 3. The van der Waals surface area contributed by atoms with Crippen LogP contribution in [0.1, 0.15) is 56.5 Å². The average molecular weight is 687 g/mol. The maximum atomic E-state index is 13.7. The number of aliphatic hydroxyl groups is 1. The van der Waals surface area contributed by atoms with Crippen LogP contribution in [0, 0.1) is 11.3 Å². The SMILES string of the molecule is CC(C)C1NC(=O)[C@H](C)N(C)C(=O)[C@H]([C@@H](C)O)NC(=O)COc2cccc(c2)CC2(CCN(C(=O)c3ccncc3)CC2)CNC1=O.Cl. The topological polar surface area (TPSA) is 170 Å². The van der Waals surface area contributed by atoms with Crippen LogP contribution >= 0.6 is 12.4 Å². The first-order chi connectivity index (χ1) is 22.3. The second kappa shape index (κ2) is 16.7. The summed E-state index contributed by atoms with van der Waals surface area (Å²) < 4.78 is 5.77. The van der Waals surface area contributed by atoms with Crippen molar-refractivity contribution in [3.8, 4) is 5.75 Å². The summed E-state index contributed by atoms with van der Waals surface area (Å²) in [6.07, 6.45) is 3.71. The van der Waals surface area contributed by atoms with Crippen molar-refractivity contribution in [1.29, 1.82) is 0 Å². The second-order valence-electron chi connectivity index (χ2n) is 13.0. The summed E-state index contributed by atoms with van der Waals surface area (Å²) in [6.45, 7) is 7.41. The second-order valence-corrected chi connectivity index (χ2v) is 13.0. The molecule has 2 aliphatic rings. The normalized spacial score (nSPS) is 23.4. The number of amides is 5. The molecule has 48 heavy (non-hydrogen) atoms. The average Bonchev–Trinajstić information content (AvgIpc) is 3.06. The maximum absolute atomic E-state index is 13.7. The maximum Gasteiger partial charge on any atom is 0.258 e. The first-order valence-electron chi connectivity index (χ1n) is 16.0. The Hall–Kier alpha value is -4.23. The minimum absolute atomic E-state index is 0. The summed E-state index contributed by atoms with van der Waals surface area (Å²) in [4.78, 5) is 73.2. The van der Waals surface area contributed by atoms with E-state index in [0.717, 1.165) is 10.5 Å². The lowest BCUT2D eigenvalue weighted by Crippen LogP contribution is -2.59. The first kappa shape index (κ1) is 38.2. The van der Waals surface area contributed by atoms with Gasteiger partial charge < -0.3 is 35.6 Å². The van der Waals surface area contributed by atoms with E-state index in [1.54, 1.807) is 30.6 Å². The Bertz CT molecular complexity index is 1450. The van der Waals surface area contributed by atoms with Gasteiger partial charge in [-0.3, -0.25) is 29.0 Å². The van der Waals surface area contributed by atoms with Gasteiger partial charge in [-0.05, 0) is 74.3 Å². The number of carbonyl (C=O) groups is 5. The number of hydrogen-bond acceptors (Lipinski definition) is 8. The van der Waals surface area contributed by atoms with E-state index in [2.05, 4.69) is 20.9 Å². The van der Waals surface area contributed by atoms with Gasteiger partial charge >= 0.3 is 0 Å². The number of hydrogen-bond donors (Lipinski definition) is 4. The number of fused-ring (bicyclic) bond motifs is 2. The molecule has 1 fully saturated rings. The number of piperidine rings is 1. The van der Waals surface area contributed by atoms with Crippen LogP contribution in [0.25, 0.3) is 0 Å². The lowest BCUT2D eigenvalue weighted by molar-refractivity contribution is -0.144. The third-order valence-corrected chi connectivity index (χ3v) is 9.14. The number of carbonyl (C=O) groups excluding carboxylic acids is 5. The third-order valence-electron chi connectivity index (χ3n) is 9.14. The smallest absolute Gasteiger partial charge is 0.258 e. The Morgan fingerprint density at radius 3 is 2.29 bits per heavy atom. The molecule has 1 aromatic carbocycles. The van der Waals surface area contributed by atoms with Crippen LogP contribution in [0.15, 0.2) is 48.8 Å². The summed E-state index contributed by atoms with van der Waals surface area (Å²) in [6, 6.07) is 7.50. The summed E-state index contributed by atoms with van der Waals surface area (Å²) in [5.41, 5.74) is 1.07. The van der Waals surface area contributed by atoms with Crippen LogP contribution in [0.5, 0.6) is 5.75 Å². The molecule has 3 heterocycles. The van der Waals surface area contributed by atoms with Gasteiger partial charge in [-0.2, -0.15) is 0 Å². The van der Waals surface area contributed by atoms with Gasteiger partial charge in [0.1, 0.15) is 23.9 Å². The van der Waals surface area contributed by atoms with Crippen molar-refractivity contribution in [2.75, 3.05) is 33.3 Å². The van der Waals surface area contributed by atoms with Crippen molar-refractivity contribution in [3.63, 3.8) is 0 Å². The fourth-order valence-electron chi connectivity index (χ4n) is 5.99. The zero-order valence-electron chi connectivity index (χ0n) is 28.1. The van der Waals surface area contributed by atoms with Crippen molar-refractivity contribution >= 4 is 41.9 Å². The number of nitrogens with zero attached hydrogens (tertiary/aromatic N) is 3. The molecule has 0 saturated carbocycles. The number of pyridine rings is 1. The highest BCUT2D eigenvalue weighted by molar-refractivity contribution is 5.95. The molecule has 4 N–H and O–H groups in total. The molecule has 0 radical (unpaired) electrons. The fourth-order valence-corrected chi connectivity index (χ4v) is 5.99. The summed E-state index contributed by atoms with van der Waals surface area (Å²) in [7, 11) is 1.40. The molecule has 5 amide bonds. The first-order valence-corrected chi connectivity index (χ1v) is 16.0. The van der Waals surface area contributed by atoms with E-state index >= 15 is 0 Å². The Kier molecular flexibility index (Phi) is 13.3. The lowest BCUT2D eigenvalue weighted by atomic mass is 9.73. The van der Waals surface area contributed by atoms with E-state index in [9.17, 15) is 29.1 Å². The molecule has 13 nitrogen and oxygen atoms in total. The zero-order chi connectivity index (χ0) is 34.3. The summed E-state index contributed by atoms with van der Waals surface area (Å²) in [5.74, 6) is -2.09. The predicted molar refractivity (Wildman–Crippen MR) is 180 cm³/mol. The van der Waals surface area contributed by atoms with Crippen molar-refractivity contribution in [3.05, 3.63) is 59.9 Å². The van der Waals surface area contributed by atoms with Crippen LogP contribution in [-0.4, -0.2) is 107 Å². The molecule has 1 spiro atoms. The van der Waals surface area contributed by atoms with Gasteiger partial charge in [0.2, 0.25) is 17.7 Å². The number of rotatable bonds is 3. The lowest BCUT2D eigenvalue weighted by Gasteiger charge is -2.42. The zero-order valence-corrected chi connectivity index (χ0v) is 28.9. The van der Waals surface area contributed by atoms with Crippen LogP contribution < -0.4 is 20.7 Å². The molecule has 1 aromatic heterocycles. The molecule has 2 aliphatic heterocycles. The Balaban J connectivity index is 0.00000625. The molecule has 2 aromatic rings. The molecule has 1 unspecified atom stereocenters. The quantitative estimate of drug-likeness (QED) is 0.375. The van der Waals surface area contributed by atoms with Gasteiger partial charge in [0.25, 0.3) is 11.8 Å².